The van der Waals surface area contributed by atoms with Crippen LogP contribution in [0.1, 0.15) is 12.5 Å². The van der Waals surface area contributed by atoms with E-state index in [-0.39, 0.29) is 11.5 Å². The van der Waals surface area contributed by atoms with Gasteiger partial charge in [-0.05, 0) is 31.2 Å². The average Bonchev–Trinajstić information content (AvgIpc) is 2.71. The molecule has 0 unspecified atom stereocenters. The Morgan fingerprint density at radius 1 is 1.32 bits per heavy atom. The summed E-state index contributed by atoms with van der Waals surface area (Å²) in [5, 5.41) is 0. The van der Waals surface area contributed by atoms with Gasteiger partial charge in [0.05, 0.1) is 25.4 Å². The maximum atomic E-state index is 12.4. The summed E-state index contributed by atoms with van der Waals surface area (Å²) in [6.07, 6.45) is 1.64. The lowest BCUT2D eigenvalue weighted by atomic mass is 10.0. The Labute approximate surface area is 137 Å². The molecule has 1 heterocycles. The first kappa shape index (κ1) is 16.3. The molecular formula is C16H16BrNO4. The van der Waals surface area contributed by atoms with Crippen LogP contribution in [0.2, 0.25) is 0 Å². The number of likely N-dealkylation sites (N-methyl/N-ethyl adjacent to an activating group) is 1. The molecule has 0 saturated carbocycles. The number of halogens is 1. The van der Waals surface area contributed by atoms with Crippen molar-refractivity contribution < 1.29 is 19.1 Å². The Kier molecular flexibility index (Phi) is 4.71. The Hall–Kier alpha value is -2.08. The fraction of sp³-hybridized carbons (Fsp3) is 0.250. The molecule has 116 valence electrons. The highest BCUT2D eigenvalue weighted by Gasteiger charge is 2.35. The quantitative estimate of drug-likeness (QED) is 0.610. The molecule has 0 saturated heterocycles. The Balaban J connectivity index is 2.61. The second kappa shape index (κ2) is 6.36. The number of methoxy groups -OCH3 is 2. The first-order valence-corrected chi connectivity index (χ1v) is 7.32. The van der Waals surface area contributed by atoms with Gasteiger partial charge in [0.2, 0.25) is 0 Å². The third-order valence-electron chi connectivity index (χ3n) is 3.55. The molecule has 1 amide bonds. The topological polar surface area (TPSA) is 55.8 Å². The van der Waals surface area contributed by atoms with Gasteiger partial charge in [-0.25, -0.2) is 4.79 Å². The largest absolute Gasteiger partial charge is 0.496 e. The van der Waals surface area contributed by atoms with E-state index in [1.165, 1.54) is 12.0 Å². The van der Waals surface area contributed by atoms with Crippen LogP contribution in [0, 0.1) is 0 Å². The maximum absolute atomic E-state index is 12.4. The van der Waals surface area contributed by atoms with E-state index in [2.05, 4.69) is 15.9 Å². The number of esters is 1. The molecule has 6 heteroatoms. The molecule has 0 bridgehead atoms. The van der Waals surface area contributed by atoms with E-state index in [1.807, 2.05) is 12.1 Å². The van der Waals surface area contributed by atoms with E-state index in [9.17, 15) is 9.59 Å². The molecular weight excluding hydrogens is 350 g/mol. The van der Waals surface area contributed by atoms with Gasteiger partial charge < -0.3 is 14.4 Å². The first-order chi connectivity index (χ1) is 10.4. The van der Waals surface area contributed by atoms with Gasteiger partial charge in [-0.2, -0.15) is 0 Å². The van der Waals surface area contributed by atoms with Crippen molar-refractivity contribution in [3.05, 3.63) is 45.1 Å². The molecule has 1 aromatic carbocycles. The van der Waals surface area contributed by atoms with E-state index in [0.717, 1.165) is 4.47 Å². The molecule has 0 aliphatic carbocycles. The van der Waals surface area contributed by atoms with E-state index >= 15 is 0 Å². The van der Waals surface area contributed by atoms with Crippen molar-refractivity contribution in [2.75, 3.05) is 21.3 Å². The van der Waals surface area contributed by atoms with E-state index in [0.29, 0.717) is 22.6 Å². The SMILES string of the molecule is COC(=O)C1=C(C)N(C)C(=O)/C1=C\c1cc(Br)ccc1OC. The van der Waals surface area contributed by atoms with Crippen LogP contribution in [0.25, 0.3) is 6.08 Å². The Bertz CT molecular complexity index is 706. The number of benzene rings is 1. The fourth-order valence-electron chi connectivity index (χ4n) is 2.27. The van der Waals surface area contributed by atoms with Gasteiger partial charge >= 0.3 is 5.97 Å². The van der Waals surface area contributed by atoms with Gasteiger partial charge in [0, 0.05) is 22.8 Å². The van der Waals surface area contributed by atoms with Crippen molar-refractivity contribution in [3.63, 3.8) is 0 Å². The third-order valence-corrected chi connectivity index (χ3v) is 4.04. The average molecular weight is 366 g/mol. The van der Waals surface area contributed by atoms with Crippen LogP contribution in [0.3, 0.4) is 0 Å². The molecule has 0 radical (unpaired) electrons. The molecule has 1 aromatic rings. The van der Waals surface area contributed by atoms with Crippen molar-refractivity contribution in [1.29, 1.82) is 0 Å². The lowest BCUT2D eigenvalue weighted by molar-refractivity contribution is -0.136. The van der Waals surface area contributed by atoms with Crippen molar-refractivity contribution in [2.24, 2.45) is 0 Å². The van der Waals surface area contributed by atoms with E-state index in [4.69, 9.17) is 9.47 Å². The van der Waals surface area contributed by atoms with Crippen molar-refractivity contribution in [1.82, 2.24) is 4.90 Å². The van der Waals surface area contributed by atoms with Crippen LogP contribution in [-0.2, 0) is 14.3 Å². The summed E-state index contributed by atoms with van der Waals surface area (Å²) < 4.78 is 10.9. The Morgan fingerprint density at radius 3 is 2.59 bits per heavy atom. The molecule has 22 heavy (non-hydrogen) atoms. The van der Waals surface area contributed by atoms with Gasteiger partial charge in [0.15, 0.2) is 0 Å². The summed E-state index contributed by atoms with van der Waals surface area (Å²) >= 11 is 3.39. The number of nitrogens with zero attached hydrogens (tertiary/aromatic N) is 1. The van der Waals surface area contributed by atoms with Crippen LogP contribution < -0.4 is 4.74 Å². The summed E-state index contributed by atoms with van der Waals surface area (Å²) in [5.41, 5.74) is 1.84. The monoisotopic (exact) mass is 365 g/mol. The van der Waals surface area contributed by atoms with Gasteiger partial charge in [-0.3, -0.25) is 4.79 Å². The lowest BCUT2D eigenvalue weighted by Gasteiger charge is -2.09. The predicted molar refractivity (Wildman–Crippen MR) is 86.2 cm³/mol. The van der Waals surface area contributed by atoms with Crippen LogP contribution in [0.15, 0.2) is 39.5 Å². The summed E-state index contributed by atoms with van der Waals surface area (Å²) in [6, 6.07) is 5.45. The molecule has 0 aromatic heterocycles. The van der Waals surface area contributed by atoms with Gasteiger partial charge in [0.25, 0.3) is 5.91 Å². The molecule has 0 N–H and O–H groups in total. The minimum absolute atomic E-state index is 0.250. The summed E-state index contributed by atoms with van der Waals surface area (Å²) in [7, 11) is 4.47. The van der Waals surface area contributed by atoms with Crippen LogP contribution in [-0.4, -0.2) is 38.0 Å². The highest BCUT2D eigenvalue weighted by molar-refractivity contribution is 9.10. The molecule has 1 aliphatic rings. The minimum Gasteiger partial charge on any atom is -0.496 e. The Morgan fingerprint density at radius 2 is 2.00 bits per heavy atom. The minimum atomic E-state index is -0.532. The standard InChI is InChI=1S/C16H16BrNO4/c1-9-14(16(20)22-4)12(15(19)18(9)2)8-10-7-11(17)5-6-13(10)21-3/h5-8H,1-4H3/b12-8-. The number of amides is 1. The summed E-state index contributed by atoms with van der Waals surface area (Å²) in [4.78, 5) is 25.8. The van der Waals surface area contributed by atoms with Crippen LogP contribution >= 0.6 is 15.9 Å². The van der Waals surface area contributed by atoms with Crippen molar-refractivity contribution in [2.45, 2.75) is 6.92 Å². The molecule has 0 atom stereocenters. The van der Waals surface area contributed by atoms with Gasteiger partial charge in [-0.15, -0.1) is 0 Å². The van der Waals surface area contributed by atoms with Crippen LogP contribution in [0.4, 0.5) is 0 Å². The van der Waals surface area contributed by atoms with Crippen LogP contribution in [0.5, 0.6) is 5.75 Å². The first-order valence-electron chi connectivity index (χ1n) is 6.53. The fourth-order valence-corrected chi connectivity index (χ4v) is 2.65. The lowest BCUT2D eigenvalue weighted by Crippen LogP contribution is -2.19. The number of allylic oxidation sites excluding steroid dienone is 1. The van der Waals surface area contributed by atoms with Gasteiger partial charge in [-0.1, -0.05) is 15.9 Å². The zero-order chi connectivity index (χ0) is 16.4. The summed E-state index contributed by atoms with van der Waals surface area (Å²) in [6.45, 7) is 1.71. The molecule has 1 aliphatic heterocycles. The molecule has 2 rings (SSSR count). The van der Waals surface area contributed by atoms with E-state index in [1.54, 1.807) is 33.2 Å². The van der Waals surface area contributed by atoms with E-state index < -0.39 is 5.97 Å². The smallest absolute Gasteiger partial charge is 0.340 e. The highest BCUT2D eigenvalue weighted by atomic mass is 79.9. The maximum Gasteiger partial charge on any atom is 0.340 e. The predicted octanol–water partition coefficient (Wildman–Crippen LogP) is 2.76. The molecule has 5 nitrogen and oxygen atoms in total. The number of carbonyl (C=O) groups is 2. The normalized spacial score (nSPS) is 16.5. The zero-order valence-electron chi connectivity index (χ0n) is 12.8. The summed E-state index contributed by atoms with van der Waals surface area (Å²) in [5.74, 6) is -0.171. The second-order valence-electron chi connectivity index (χ2n) is 4.76. The number of hydrogen-bond acceptors (Lipinski definition) is 4. The molecule has 0 spiro atoms. The molecule has 0 fully saturated rings. The number of rotatable bonds is 3. The third kappa shape index (κ3) is 2.78. The number of hydrogen-bond donors (Lipinski definition) is 0. The number of ether oxygens (including phenoxy) is 2. The second-order valence-corrected chi connectivity index (χ2v) is 5.68. The highest BCUT2D eigenvalue weighted by Crippen LogP contribution is 2.33. The van der Waals surface area contributed by atoms with Gasteiger partial charge in [0.1, 0.15) is 5.75 Å². The number of carbonyl (C=O) groups excluding carboxylic acids is 2. The van der Waals surface area contributed by atoms with Crippen molar-refractivity contribution >= 4 is 33.9 Å². The van der Waals surface area contributed by atoms with Crippen molar-refractivity contribution in [3.8, 4) is 5.75 Å². The zero-order valence-corrected chi connectivity index (χ0v) is 14.4.